The van der Waals surface area contributed by atoms with Gasteiger partial charge in [0.25, 0.3) is 0 Å². The first-order valence-corrected chi connectivity index (χ1v) is 13.2. The number of hydrogen-bond donors (Lipinski definition) is 1. The van der Waals surface area contributed by atoms with Crippen LogP contribution in [0.5, 0.6) is 5.75 Å². The van der Waals surface area contributed by atoms with Crippen LogP contribution in [0.15, 0.2) is 36.4 Å². The fraction of sp³-hybridized carbons (Fsp3) is 0.519. The summed E-state index contributed by atoms with van der Waals surface area (Å²) >= 11 is 12.1. The molecule has 2 aliphatic heterocycles. The van der Waals surface area contributed by atoms with Crippen LogP contribution in [0.2, 0.25) is 10.0 Å². The Morgan fingerprint density at radius 1 is 1.09 bits per heavy atom. The number of carbonyl (C=O) groups is 1. The molecule has 190 valence electrons. The fourth-order valence-corrected chi connectivity index (χ4v) is 5.51. The minimum Gasteiger partial charge on any atom is -0.489 e. The van der Waals surface area contributed by atoms with Crippen molar-refractivity contribution in [3.63, 3.8) is 0 Å². The molecule has 2 heterocycles. The maximum absolute atomic E-state index is 14.1. The molecule has 0 radical (unpaired) electrons. The van der Waals surface area contributed by atoms with Crippen molar-refractivity contribution in [2.75, 3.05) is 32.7 Å². The highest BCUT2D eigenvalue weighted by molar-refractivity contribution is 6.31. The average molecular weight is 522 g/mol. The van der Waals surface area contributed by atoms with Gasteiger partial charge in [0, 0.05) is 29.7 Å². The Hall–Kier alpha value is -1.86. The van der Waals surface area contributed by atoms with Crippen LogP contribution in [0.4, 0.5) is 4.39 Å². The lowest BCUT2D eigenvalue weighted by atomic mass is 9.88. The standard InChI is InChI=1S/C27H34Cl2FN3O2/c1-18(17-32-10-2-3-11-32)35-26-16-22(29)6-7-23(26)19-8-12-33(13-9-19)27(34)25(31)14-20-4-5-21(28)15-24(20)30/h4-7,15-16,18-19,25H,2-3,8-14,17,31H2,1H3/t18-,25+/m0/s1. The van der Waals surface area contributed by atoms with E-state index in [9.17, 15) is 9.18 Å². The second-order valence-corrected chi connectivity index (χ2v) is 10.6. The molecule has 2 aromatic rings. The molecule has 2 N–H and O–H groups in total. The van der Waals surface area contributed by atoms with Crippen LogP contribution < -0.4 is 10.5 Å². The zero-order valence-corrected chi connectivity index (χ0v) is 21.7. The van der Waals surface area contributed by atoms with E-state index in [4.69, 9.17) is 33.7 Å². The third-order valence-electron chi connectivity index (χ3n) is 7.04. The van der Waals surface area contributed by atoms with Crippen molar-refractivity contribution in [2.45, 2.75) is 57.1 Å². The zero-order valence-electron chi connectivity index (χ0n) is 20.2. The number of likely N-dealkylation sites (tertiary alicyclic amines) is 2. The Kier molecular flexibility index (Phi) is 8.92. The van der Waals surface area contributed by atoms with Crippen LogP contribution in [-0.4, -0.2) is 60.6 Å². The minimum absolute atomic E-state index is 0.0678. The molecular weight excluding hydrogens is 488 g/mol. The van der Waals surface area contributed by atoms with Gasteiger partial charge in [0.05, 0.1) is 6.04 Å². The van der Waals surface area contributed by atoms with Crippen molar-refractivity contribution in [1.82, 2.24) is 9.80 Å². The molecule has 2 saturated heterocycles. The number of amides is 1. The molecule has 35 heavy (non-hydrogen) atoms. The number of hydrogen-bond acceptors (Lipinski definition) is 4. The molecule has 0 saturated carbocycles. The fourth-order valence-electron chi connectivity index (χ4n) is 5.19. The molecule has 5 nitrogen and oxygen atoms in total. The Morgan fingerprint density at radius 3 is 2.43 bits per heavy atom. The number of benzene rings is 2. The normalized spacial score (nSPS) is 19.1. The van der Waals surface area contributed by atoms with E-state index in [0.29, 0.717) is 28.7 Å². The Labute approximate surface area is 217 Å². The topological polar surface area (TPSA) is 58.8 Å². The predicted octanol–water partition coefficient (Wildman–Crippen LogP) is 5.27. The Morgan fingerprint density at radius 2 is 1.74 bits per heavy atom. The number of nitrogens with two attached hydrogens (primary N) is 1. The molecule has 0 unspecified atom stereocenters. The summed E-state index contributed by atoms with van der Waals surface area (Å²) in [7, 11) is 0. The molecule has 2 atom stereocenters. The molecule has 2 aliphatic rings. The number of halogens is 3. The van der Waals surface area contributed by atoms with Crippen molar-refractivity contribution in [1.29, 1.82) is 0 Å². The molecule has 0 aliphatic carbocycles. The lowest BCUT2D eigenvalue weighted by Crippen LogP contribution is -2.47. The monoisotopic (exact) mass is 521 g/mol. The first-order chi connectivity index (χ1) is 16.8. The Bertz CT molecular complexity index is 1020. The van der Waals surface area contributed by atoms with E-state index in [-0.39, 0.29) is 24.3 Å². The van der Waals surface area contributed by atoms with E-state index in [0.717, 1.165) is 43.8 Å². The highest BCUT2D eigenvalue weighted by Gasteiger charge is 2.29. The molecule has 2 fully saturated rings. The van der Waals surface area contributed by atoms with Gasteiger partial charge in [0.2, 0.25) is 5.91 Å². The van der Waals surface area contributed by atoms with Gasteiger partial charge in [-0.2, -0.15) is 0 Å². The van der Waals surface area contributed by atoms with Crippen molar-refractivity contribution >= 4 is 29.1 Å². The maximum Gasteiger partial charge on any atom is 0.239 e. The quantitative estimate of drug-likeness (QED) is 0.513. The van der Waals surface area contributed by atoms with Gasteiger partial charge in [0.1, 0.15) is 17.7 Å². The lowest BCUT2D eigenvalue weighted by molar-refractivity contribution is -0.133. The van der Waals surface area contributed by atoms with Gasteiger partial charge in [-0.25, -0.2) is 4.39 Å². The molecule has 1 amide bonds. The molecule has 0 bridgehead atoms. The van der Waals surface area contributed by atoms with Crippen LogP contribution in [0.25, 0.3) is 0 Å². The van der Waals surface area contributed by atoms with E-state index in [1.165, 1.54) is 18.9 Å². The zero-order chi connectivity index (χ0) is 24.9. The summed E-state index contributed by atoms with van der Waals surface area (Å²) in [5.74, 6) is 0.525. The van der Waals surface area contributed by atoms with Gasteiger partial charge in [-0.3, -0.25) is 9.69 Å². The van der Waals surface area contributed by atoms with E-state index in [1.807, 2.05) is 12.1 Å². The highest BCUT2D eigenvalue weighted by atomic mass is 35.5. The van der Waals surface area contributed by atoms with Crippen LogP contribution in [0, 0.1) is 5.82 Å². The number of piperidine rings is 1. The van der Waals surface area contributed by atoms with Gasteiger partial charge in [-0.15, -0.1) is 0 Å². The van der Waals surface area contributed by atoms with Crippen molar-refractivity contribution in [2.24, 2.45) is 5.73 Å². The molecule has 2 aromatic carbocycles. The van der Waals surface area contributed by atoms with Crippen LogP contribution in [0.1, 0.15) is 49.7 Å². The minimum atomic E-state index is -0.789. The summed E-state index contributed by atoms with van der Waals surface area (Å²) in [5, 5.41) is 0.981. The van der Waals surface area contributed by atoms with E-state index < -0.39 is 11.9 Å². The lowest BCUT2D eigenvalue weighted by Gasteiger charge is -2.34. The van der Waals surface area contributed by atoms with E-state index in [2.05, 4.69) is 17.9 Å². The number of ether oxygens (including phenoxy) is 1. The largest absolute Gasteiger partial charge is 0.489 e. The number of carbonyl (C=O) groups excluding carboxylic acids is 1. The number of nitrogens with zero attached hydrogens (tertiary/aromatic N) is 2. The van der Waals surface area contributed by atoms with Crippen LogP contribution >= 0.6 is 23.2 Å². The van der Waals surface area contributed by atoms with Gasteiger partial charge in [-0.1, -0.05) is 35.3 Å². The first-order valence-electron chi connectivity index (χ1n) is 12.5. The van der Waals surface area contributed by atoms with Crippen LogP contribution in [-0.2, 0) is 11.2 Å². The summed E-state index contributed by atoms with van der Waals surface area (Å²) in [6.45, 7) is 6.49. The summed E-state index contributed by atoms with van der Waals surface area (Å²) < 4.78 is 20.5. The van der Waals surface area contributed by atoms with E-state index in [1.54, 1.807) is 17.0 Å². The summed E-state index contributed by atoms with van der Waals surface area (Å²) in [4.78, 5) is 17.2. The second kappa shape index (κ2) is 11.9. The molecule has 0 aromatic heterocycles. The average Bonchev–Trinajstić information content (AvgIpc) is 3.33. The van der Waals surface area contributed by atoms with Gasteiger partial charge in [-0.05, 0) is 93.4 Å². The highest BCUT2D eigenvalue weighted by Crippen LogP contribution is 2.36. The third kappa shape index (κ3) is 6.88. The summed E-state index contributed by atoms with van der Waals surface area (Å²) in [6.07, 6.45) is 4.35. The molecule has 8 heteroatoms. The van der Waals surface area contributed by atoms with Gasteiger partial charge < -0.3 is 15.4 Å². The Balaban J connectivity index is 1.35. The first kappa shape index (κ1) is 26.2. The summed E-state index contributed by atoms with van der Waals surface area (Å²) in [5.41, 5.74) is 7.71. The van der Waals surface area contributed by atoms with E-state index >= 15 is 0 Å². The molecule has 0 spiro atoms. The van der Waals surface area contributed by atoms with Gasteiger partial charge in [0.15, 0.2) is 0 Å². The SMILES string of the molecule is C[C@@H](CN1CCCC1)Oc1cc(Cl)ccc1C1CCN(C(=O)[C@H](N)Cc2ccc(Cl)cc2F)CC1. The van der Waals surface area contributed by atoms with Crippen LogP contribution in [0.3, 0.4) is 0 Å². The smallest absolute Gasteiger partial charge is 0.239 e. The molecule has 4 rings (SSSR count). The van der Waals surface area contributed by atoms with Crippen molar-refractivity contribution < 1.29 is 13.9 Å². The van der Waals surface area contributed by atoms with Gasteiger partial charge >= 0.3 is 0 Å². The van der Waals surface area contributed by atoms with Crippen molar-refractivity contribution in [3.05, 3.63) is 63.4 Å². The molecular formula is C27H34Cl2FN3O2. The maximum atomic E-state index is 14.1. The van der Waals surface area contributed by atoms with Crippen molar-refractivity contribution in [3.8, 4) is 5.75 Å². The third-order valence-corrected chi connectivity index (χ3v) is 7.51. The predicted molar refractivity (Wildman–Crippen MR) is 139 cm³/mol. The number of rotatable bonds is 8. The second-order valence-electron chi connectivity index (χ2n) is 9.76. The summed E-state index contributed by atoms with van der Waals surface area (Å²) in [6, 6.07) is 9.52.